The van der Waals surface area contributed by atoms with E-state index in [1.165, 1.54) is 24.0 Å². The summed E-state index contributed by atoms with van der Waals surface area (Å²) in [4.78, 5) is 0. The number of rotatable bonds is 5. The van der Waals surface area contributed by atoms with Gasteiger partial charge in [-0.05, 0) is 31.2 Å². The summed E-state index contributed by atoms with van der Waals surface area (Å²) >= 11 is 0. The van der Waals surface area contributed by atoms with Crippen molar-refractivity contribution in [3.63, 3.8) is 0 Å². The SMILES string of the molecule is C=C/C(=C\C)CCC(C)c1ccccc1.CCC. The van der Waals surface area contributed by atoms with Crippen LogP contribution in [-0.2, 0) is 0 Å². The van der Waals surface area contributed by atoms with Gasteiger partial charge in [0.1, 0.15) is 0 Å². The maximum Gasteiger partial charge on any atom is -0.0187 e. The van der Waals surface area contributed by atoms with Crippen LogP contribution in [0.1, 0.15) is 58.4 Å². The third-order valence-corrected chi connectivity index (χ3v) is 2.87. The summed E-state index contributed by atoms with van der Waals surface area (Å²) in [5, 5.41) is 0. The van der Waals surface area contributed by atoms with Gasteiger partial charge in [-0.3, -0.25) is 0 Å². The van der Waals surface area contributed by atoms with E-state index in [2.05, 4.69) is 70.7 Å². The van der Waals surface area contributed by atoms with Crippen molar-refractivity contribution in [2.45, 2.75) is 52.9 Å². The quantitative estimate of drug-likeness (QED) is 0.547. The molecule has 0 aliphatic carbocycles. The summed E-state index contributed by atoms with van der Waals surface area (Å²) in [5.41, 5.74) is 2.77. The summed E-state index contributed by atoms with van der Waals surface area (Å²) in [6.07, 6.45) is 7.66. The molecule has 0 bridgehead atoms. The van der Waals surface area contributed by atoms with Crippen LogP contribution in [0, 0.1) is 0 Å². The maximum atomic E-state index is 3.81. The largest absolute Gasteiger partial charge is 0.0988 e. The molecule has 0 fully saturated rings. The number of hydrogen-bond acceptors (Lipinski definition) is 0. The first kappa shape index (κ1) is 16.7. The first-order valence-corrected chi connectivity index (χ1v) is 7.02. The van der Waals surface area contributed by atoms with Gasteiger partial charge in [-0.15, -0.1) is 0 Å². The van der Waals surface area contributed by atoms with Crippen molar-refractivity contribution >= 4 is 0 Å². The zero-order valence-electron chi connectivity index (χ0n) is 12.4. The molecule has 1 unspecified atom stereocenters. The Morgan fingerprint density at radius 3 is 2.22 bits per heavy atom. The van der Waals surface area contributed by atoms with E-state index in [1.807, 2.05) is 6.08 Å². The molecule has 0 nitrogen and oxygen atoms in total. The number of benzene rings is 1. The van der Waals surface area contributed by atoms with E-state index in [-0.39, 0.29) is 0 Å². The van der Waals surface area contributed by atoms with E-state index < -0.39 is 0 Å². The van der Waals surface area contributed by atoms with Crippen LogP contribution in [0.15, 0.2) is 54.6 Å². The third-order valence-electron chi connectivity index (χ3n) is 2.87. The van der Waals surface area contributed by atoms with Gasteiger partial charge in [-0.2, -0.15) is 0 Å². The highest BCUT2D eigenvalue weighted by molar-refractivity contribution is 5.20. The molecule has 1 aromatic rings. The van der Waals surface area contributed by atoms with Crippen LogP contribution < -0.4 is 0 Å². The zero-order chi connectivity index (χ0) is 13.8. The molecule has 0 aliphatic rings. The Morgan fingerprint density at radius 1 is 1.22 bits per heavy atom. The van der Waals surface area contributed by atoms with E-state index in [0.717, 1.165) is 6.42 Å². The highest BCUT2D eigenvalue weighted by Crippen LogP contribution is 2.22. The van der Waals surface area contributed by atoms with Crippen LogP contribution >= 0.6 is 0 Å². The maximum absolute atomic E-state index is 3.81. The Kier molecular flexibility index (Phi) is 10.0. The van der Waals surface area contributed by atoms with Gasteiger partial charge in [0.2, 0.25) is 0 Å². The Bertz CT molecular complexity index is 332. The van der Waals surface area contributed by atoms with E-state index in [4.69, 9.17) is 0 Å². The zero-order valence-corrected chi connectivity index (χ0v) is 12.4. The molecule has 0 heteroatoms. The van der Waals surface area contributed by atoms with Gasteiger partial charge >= 0.3 is 0 Å². The molecule has 0 aliphatic heterocycles. The lowest BCUT2D eigenvalue weighted by Gasteiger charge is -2.11. The van der Waals surface area contributed by atoms with Crippen molar-refractivity contribution in [2.75, 3.05) is 0 Å². The van der Waals surface area contributed by atoms with E-state index >= 15 is 0 Å². The second kappa shape index (κ2) is 10.8. The predicted octanol–water partition coefficient (Wildman–Crippen LogP) is 6.12. The van der Waals surface area contributed by atoms with Crippen LogP contribution in [0.5, 0.6) is 0 Å². The van der Waals surface area contributed by atoms with Gasteiger partial charge in [0.25, 0.3) is 0 Å². The van der Waals surface area contributed by atoms with E-state index in [9.17, 15) is 0 Å². The fraction of sp³-hybridized carbons (Fsp3) is 0.444. The molecule has 1 atom stereocenters. The number of hydrogen-bond donors (Lipinski definition) is 0. The fourth-order valence-corrected chi connectivity index (χ4v) is 1.70. The molecular formula is C18H28. The monoisotopic (exact) mass is 244 g/mol. The molecule has 0 saturated heterocycles. The van der Waals surface area contributed by atoms with Gasteiger partial charge in [0.15, 0.2) is 0 Å². The summed E-state index contributed by atoms with van der Waals surface area (Å²) in [5.74, 6) is 0.626. The molecule has 18 heavy (non-hydrogen) atoms. The molecule has 0 N–H and O–H groups in total. The summed E-state index contributed by atoms with van der Waals surface area (Å²) < 4.78 is 0. The smallest absolute Gasteiger partial charge is 0.0187 e. The van der Waals surface area contributed by atoms with Gasteiger partial charge in [-0.1, -0.05) is 81.8 Å². The van der Waals surface area contributed by atoms with Crippen LogP contribution in [0.25, 0.3) is 0 Å². The first-order chi connectivity index (χ1) is 8.69. The van der Waals surface area contributed by atoms with Crippen molar-refractivity contribution in [1.82, 2.24) is 0 Å². The normalized spacial score (nSPS) is 12.3. The first-order valence-electron chi connectivity index (χ1n) is 7.02. The third kappa shape index (κ3) is 7.11. The highest BCUT2D eigenvalue weighted by atomic mass is 14.1. The molecule has 0 radical (unpaired) electrons. The number of allylic oxidation sites excluding steroid dienone is 3. The Morgan fingerprint density at radius 2 is 1.78 bits per heavy atom. The molecular weight excluding hydrogens is 216 g/mol. The molecule has 0 amide bonds. The molecule has 0 heterocycles. The average molecular weight is 244 g/mol. The van der Waals surface area contributed by atoms with Gasteiger partial charge in [0.05, 0.1) is 0 Å². The Hall–Kier alpha value is -1.30. The van der Waals surface area contributed by atoms with Crippen LogP contribution in [-0.4, -0.2) is 0 Å². The Labute approximate surface area is 113 Å². The van der Waals surface area contributed by atoms with E-state index in [1.54, 1.807) is 0 Å². The lowest BCUT2D eigenvalue weighted by atomic mass is 9.94. The van der Waals surface area contributed by atoms with Crippen molar-refractivity contribution in [2.24, 2.45) is 0 Å². The molecule has 1 aromatic carbocycles. The second-order valence-electron chi connectivity index (χ2n) is 4.63. The summed E-state index contributed by atoms with van der Waals surface area (Å²) in [7, 11) is 0. The molecule has 0 spiro atoms. The van der Waals surface area contributed by atoms with Gasteiger partial charge < -0.3 is 0 Å². The predicted molar refractivity (Wildman–Crippen MR) is 84.0 cm³/mol. The van der Waals surface area contributed by atoms with Crippen LogP contribution in [0.2, 0.25) is 0 Å². The average Bonchev–Trinajstić information content (AvgIpc) is 2.41. The minimum atomic E-state index is 0.626. The standard InChI is InChI=1S/C15H20.C3H8/c1-4-14(5-2)12-11-13(3)15-9-7-6-8-10-15;1-3-2/h4-10,13H,1,11-12H2,2-3H3;3H2,1-2H3/b14-5+;. The highest BCUT2D eigenvalue weighted by Gasteiger charge is 2.04. The van der Waals surface area contributed by atoms with Crippen LogP contribution in [0.4, 0.5) is 0 Å². The minimum absolute atomic E-state index is 0.626. The molecule has 0 aromatic heterocycles. The topological polar surface area (TPSA) is 0 Å². The molecule has 1 rings (SSSR count). The van der Waals surface area contributed by atoms with E-state index in [0.29, 0.717) is 5.92 Å². The molecule has 100 valence electrons. The second-order valence-corrected chi connectivity index (χ2v) is 4.63. The summed E-state index contributed by atoms with van der Waals surface area (Å²) in [6, 6.07) is 10.7. The Balaban J connectivity index is 0.000000873. The lowest BCUT2D eigenvalue weighted by Crippen LogP contribution is -1.93. The van der Waals surface area contributed by atoms with Crippen molar-refractivity contribution < 1.29 is 0 Å². The fourth-order valence-electron chi connectivity index (χ4n) is 1.70. The molecule has 0 saturated carbocycles. The van der Waals surface area contributed by atoms with Crippen molar-refractivity contribution in [3.05, 3.63) is 60.2 Å². The van der Waals surface area contributed by atoms with Crippen molar-refractivity contribution in [1.29, 1.82) is 0 Å². The van der Waals surface area contributed by atoms with Gasteiger partial charge in [-0.25, -0.2) is 0 Å². The lowest BCUT2D eigenvalue weighted by molar-refractivity contribution is 0.681. The van der Waals surface area contributed by atoms with Crippen LogP contribution in [0.3, 0.4) is 0 Å². The minimum Gasteiger partial charge on any atom is -0.0988 e. The summed E-state index contributed by atoms with van der Waals surface area (Å²) in [6.45, 7) is 12.4. The van der Waals surface area contributed by atoms with Crippen molar-refractivity contribution in [3.8, 4) is 0 Å². The van der Waals surface area contributed by atoms with Gasteiger partial charge in [0, 0.05) is 0 Å².